The Morgan fingerprint density at radius 3 is 2.28 bits per heavy atom. The van der Waals surface area contributed by atoms with Crippen molar-refractivity contribution in [3.63, 3.8) is 0 Å². The highest BCUT2D eigenvalue weighted by atomic mass is 32.2. The quantitative estimate of drug-likeness (QED) is 0.491. The molecule has 2 N–H and O–H groups in total. The van der Waals surface area contributed by atoms with Gasteiger partial charge < -0.3 is 0 Å². The number of fused-ring (bicyclic) bond motifs is 1. The van der Waals surface area contributed by atoms with Gasteiger partial charge in [0.1, 0.15) is 0 Å². The first-order valence-electron chi connectivity index (χ1n) is 8.56. The van der Waals surface area contributed by atoms with E-state index in [0.29, 0.717) is 27.4 Å². The fourth-order valence-corrected chi connectivity index (χ4v) is 3.15. The number of carbonyl (C=O) groups is 2. The maximum atomic E-state index is 12.6. The van der Waals surface area contributed by atoms with E-state index in [-0.39, 0.29) is 23.4 Å². The molecule has 2 amide bonds. The van der Waals surface area contributed by atoms with Gasteiger partial charge in [-0.25, -0.2) is 4.68 Å². The molecule has 0 unspecified atom stereocenters. The fourth-order valence-electron chi connectivity index (χ4n) is 2.65. The van der Waals surface area contributed by atoms with Gasteiger partial charge in [0.2, 0.25) is 0 Å². The van der Waals surface area contributed by atoms with Gasteiger partial charge in [-0.05, 0) is 37.3 Å². The van der Waals surface area contributed by atoms with Gasteiger partial charge >= 0.3 is 0 Å². The molecule has 0 bridgehead atoms. The summed E-state index contributed by atoms with van der Waals surface area (Å²) < 4.78 is 25.9. The summed E-state index contributed by atoms with van der Waals surface area (Å²) in [5.74, 6) is -3.87. The van der Waals surface area contributed by atoms with E-state index in [2.05, 4.69) is 16.0 Å². The Balaban J connectivity index is 1.76. The molecule has 1 heterocycles. The van der Waals surface area contributed by atoms with Crippen molar-refractivity contribution in [2.24, 2.45) is 0 Å². The Bertz CT molecular complexity index is 1120. The maximum absolute atomic E-state index is 12.6. The van der Waals surface area contributed by atoms with Crippen LogP contribution in [-0.2, 0) is 6.54 Å². The molecule has 1 aromatic heterocycles. The van der Waals surface area contributed by atoms with Gasteiger partial charge in [-0.2, -0.15) is 13.9 Å². The predicted molar refractivity (Wildman–Crippen MR) is 105 cm³/mol. The van der Waals surface area contributed by atoms with Crippen LogP contribution in [0.15, 0.2) is 58.2 Å². The van der Waals surface area contributed by atoms with E-state index in [1.807, 2.05) is 0 Å². The van der Waals surface area contributed by atoms with Crippen LogP contribution in [0.25, 0.3) is 10.8 Å². The largest absolute Gasteiger partial charge is 0.290 e. The molecule has 7 nitrogen and oxygen atoms in total. The molecule has 0 radical (unpaired) electrons. The summed E-state index contributed by atoms with van der Waals surface area (Å²) in [5.41, 5.74) is 4.38. The zero-order chi connectivity index (χ0) is 21.0. The van der Waals surface area contributed by atoms with Crippen molar-refractivity contribution in [2.75, 3.05) is 0 Å². The van der Waals surface area contributed by atoms with Crippen molar-refractivity contribution in [1.29, 1.82) is 0 Å². The molecule has 0 aliphatic rings. The van der Waals surface area contributed by atoms with E-state index in [4.69, 9.17) is 0 Å². The summed E-state index contributed by atoms with van der Waals surface area (Å²) >= 11 is 0.369. The molecule has 150 valence electrons. The minimum Gasteiger partial charge on any atom is -0.267 e. The third kappa shape index (κ3) is 4.60. The molecule has 3 aromatic rings. The third-order valence-electron chi connectivity index (χ3n) is 4.01. The second-order valence-corrected chi connectivity index (χ2v) is 6.89. The number of hydrazine groups is 1. The molecule has 0 fully saturated rings. The Hall–Kier alpha value is -3.27. The van der Waals surface area contributed by atoms with Gasteiger partial charge in [-0.1, -0.05) is 30.0 Å². The molecule has 0 aliphatic carbocycles. The highest BCUT2D eigenvalue weighted by Crippen LogP contribution is 2.25. The average Bonchev–Trinajstić information content (AvgIpc) is 2.72. The molecule has 3 rings (SSSR count). The highest BCUT2D eigenvalue weighted by molar-refractivity contribution is 7.99. The first kappa shape index (κ1) is 20.5. The maximum Gasteiger partial charge on any atom is 0.290 e. The van der Waals surface area contributed by atoms with Crippen LogP contribution in [0.2, 0.25) is 0 Å². The van der Waals surface area contributed by atoms with Gasteiger partial charge in [0.05, 0.1) is 5.39 Å². The molecular weight excluding hydrogens is 402 g/mol. The third-order valence-corrected chi connectivity index (χ3v) is 4.74. The molecule has 0 aliphatic heterocycles. The Kier molecular flexibility index (Phi) is 6.23. The van der Waals surface area contributed by atoms with Crippen LogP contribution >= 0.6 is 11.8 Å². The lowest BCUT2D eigenvalue weighted by atomic mass is 10.1. The van der Waals surface area contributed by atoms with E-state index in [0.717, 1.165) is 0 Å². The minimum absolute atomic E-state index is 0.00830. The van der Waals surface area contributed by atoms with Crippen molar-refractivity contribution in [2.45, 2.75) is 24.1 Å². The number of halogens is 2. The number of carbonyl (C=O) groups excluding carboxylic acids is 2. The lowest BCUT2D eigenvalue weighted by Gasteiger charge is -2.11. The summed E-state index contributed by atoms with van der Waals surface area (Å²) in [5, 5.41) is 4.78. The highest BCUT2D eigenvalue weighted by Gasteiger charge is 2.17. The van der Waals surface area contributed by atoms with Crippen molar-refractivity contribution in [3.05, 3.63) is 70.1 Å². The van der Waals surface area contributed by atoms with E-state index in [1.54, 1.807) is 31.2 Å². The van der Waals surface area contributed by atoms with Crippen molar-refractivity contribution < 1.29 is 18.4 Å². The van der Waals surface area contributed by atoms with Gasteiger partial charge in [0.15, 0.2) is 5.69 Å². The topological polar surface area (TPSA) is 93.1 Å². The second-order valence-electron chi connectivity index (χ2n) is 5.83. The van der Waals surface area contributed by atoms with Gasteiger partial charge in [0, 0.05) is 22.4 Å². The van der Waals surface area contributed by atoms with Crippen LogP contribution in [0, 0.1) is 0 Å². The standard InChI is InChI=1S/C19H16F2N4O3S/c1-2-25-18(28)14-6-4-3-5-13(14)15(24-25)17(27)23-22-16(26)11-7-9-12(10-8-11)29-19(20)21/h3-10,19H,2H2,1H3,(H,22,26)(H,23,27). The minimum atomic E-state index is -2.55. The van der Waals surface area contributed by atoms with E-state index in [9.17, 15) is 23.2 Å². The lowest BCUT2D eigenvalue weighted by Crippen LogP contribution is -2.42. The number of amides is 2. The lowest BCUT2D eigenvalue weighted by molar-refractivity contribution is 0.0843. The molecule has 2 aromatic carbocycles. The van der Waals surface area contributed by atoms with Crippen LogP contribution in [0.3, 0.4) is 0 Å². The summed E-state index contributed by atoms with van der Waals surface area (Å²) in [6.45, 7) is 2.00. The summed E-state index contributed by atoms with van der Waals surface area (Å²) in [6, 6.07) is 12.1. The SMILES string of the molecule is CCn1nc(C(=O)NNC(=O)c2ccc(SC(F)F)cc2)c2ccccc2c1=O. The molecule has 0 atom stereocenters. The molecular formula is C19H16F2N4O3S. The predicted octanol–water partition coefficient (Wildman–Crippen LogP) is 2.81. The van der Waals surface area contributed by atoms with Crippen molar-refractivity contribution in [3.8, 4) is 0 Å². The van der Waals surface area contributed by atoms with E-state index < -0.39 is 17.6 Å². The molecule has 0 saturated heterocycles. The normalized spacial score (nSPS) is 10.9. The van der Waals surface area contributed by atoms with Crippen LogP contribution in [0.1, 0.15) is 27.8 Å². The Labute approximate surface area is 168 Å². The second kappa shape index (κ2) is 8.82. The monoisotopic (exact) mass is 418 g/mol. The smallest absolute Gasteiger partial charge is 0.267 e. The van der Waals surface area contributed by atoms with Gasteiger partial charge in [0.25, 0.3) is 23.1 Å². The number of benzene rings is 2. The molecule has 0 saturated carbocycles. The van der Waals surface area contributed by atoms with Gasteiger partial charge in [-0.3, -0.25) is 25.2 Å². The zero-order valence-electron chi connectivity index (χ0n) is 15.2. The molecule has 0 spiro atoms. The number of rotatable bonds is 5. The number of alkyl halides is 2. The summed E-state index contributed by atoms with van der Waals surface area (Å²) in [7, 11) is 0. The number of hydrogen-bond acceptors (Lipinski definition) is 5. The summed E-state index contributed by atoms with van der Waals surface area (Å²) in [4.78, 5) is 37.4. The number of aryl methyl sites for hydroxylation is 1. The summed E-state index contributed by atoms with van der Waals surface area (Å²) in [6.07, 6.45) is 0. The van der Waals surface area contributed by atoms with E-state index >= 15 is 0 Å². The average molecular weight is 418 g/mol. The molecule has 10 heteroatoms. The number of thioether (sulfide) groups is 1. The number of nitrogens with one attached hydrogen (secondary N) is 2. The van der Waals surface area contributed by atoms with Crippen molar-refractivity contribution >= 4 is 34.3 Å². The van der Waals surface area contributed by atoms with Crippen LogP contribution < -0.4 is 16.4 Å². The van der Waals surface area contributed by atoms with Gasteiger partial charge in [-0.15, -0.1) is 0 Å². The Morgan fingerprint density at radius 1 is 1.03 bits per heavy atom. The van der Waals surface area contributed by atoms with Crippen LogP contribution in [0.5, 0.6) is 0 Å². The number of aromatic nitrogens is 2. The van der Waals surface area contributed by atoms with Crippen LogP contribution in [-0.4, -0.2) is 27.4 Å². The van der Waals surface area contributed by atoms with E-state index in [1.165, 1.54) is 28.9 Å². The molecule has 29 heavy (non-hydrogen) atoms. The number of nitrogens with zero attached hydrogens (tertiary/aromatic N) is 2. The van der Waals surface area contributed by atoms with Crippen LogP contribution in [0.4, 0.5) is 8.78 Å². The number of hydrogen-bond donors (Lipinski definition) is 2. The fraction of sp³-hybridized carbons (Fsp3) is 0.158. The Morgan fingerprint density at radius 2 is 1.66 bits per heavy atom. The first-order chi connectivity index (χ1) is 13.9. The van der Waals surface area contributed by atoms with Crippen molar-refractivity contribution in [1.82, 2.24) is 20.6 Å². The zero-order valence-corrected chi connectivity index (χ0v) is 16.0. The first-order valence-corrected chi connectivity index (χ1v) is 9.44.